The molecule has 0 aliphatic carbocycles. The van der Waals surface area contributed by atoms with Gasteiger partial charge in [-0.3, -0.25) is 19.4 Å². The van der Waals surface area contributed by atoms with E-state index in [1.54, 1.807) is 20.8 Å². The Morgan fingerprint density at radius 2 is 1.76 bits per heavy atom. The summed E-state index contributed by atoms with van der Waals surface area (Å²) in [5, 5.41) is 15.8. The number of hydrogen-bond donors (Lipinski definition) is 4. The van der Waals surface area contributed by atoms with Crippen molar-refractivity contribution in [3.8, 4) is 0 Å². The molecule has 1 fully saturated rings. The first-order valence-electron chi connectivity index (χ1n) is 10.3. The second-order valence-electron chi connectivity index (χ2n) is 8.63. The molecule has 0 spiro atoms. The molecular formula is C19H31Cl3N4O7. The molecule has 0 aromatic heterocycles. The average molecular weight is 534 g/mol. The Morgan fingerprint density at radius 1 is 1.15 bits per heavy atom. The topological polar surface area (TPSA) is 146 Å². The van der Waals surface area contributed by atoms with Gasteiger partial charge in [-0.2, -0.15) is 0 Å². The molecule has 0 unspecified atom stereocenters. The molecule has 1 aliphatic heterocycles. The van der Waals surface area contributed by atoms with Gasteiger partial charge in [-0.15, -0.1) is 0 Å². The predicted octanol–water partition coefficient (Wildman–Crippen LogP) is 1.17. The maximum Gasteiger partial charge on any atom is 0.408 e. The molecule has 3 amide bonds. The minimum absolute atomic E-state index is 0.281. The lowest BCUT2D eigenvalue weighted by Gasteiger charge is -2.34. The largest absolute Gasteiger partial charge is 0.460 e. The lowest BCUT2D eigenvalue weighted by atomic mass is 10.1. The number of aliphatic hydroxyl groups is 1. The van der Waals surface area contributed by atoms with Gasteiger partial charge in [0.05, 0.1) is 6.10 Å². The molecule has 1 rings (SSSR count). The molecule has 0 aromatic carbocycles. The molecule has 4 atom stereocenters. The summed E-state index contributed by atoms with van der Waals surface area (Å²) in [4.78, 5) is 49.5. The Labute approximate surface area is 207 Å². The van der Waals surface area contributed by atoms with Crippen molar-refractivity contribution >= 4 is 58.7 Å². The Kier molecular flexibility index (Phi) is 11.0. The summed E-state index contributed by atoms with van der Waals surface area (Å²) in [6, 6.07) is -3.23. The number of ether oxygens (including phenoxy) is 2. The number of nitrogens with one attached hydrogen (secondary N) is 3. The van der Waals surface area contributed by atoms with Crippen molar-refractivity contribution < 1.29 is 33.8 Å². The van der Waals surface area contributed by atoms with Crippen LogP contribution in [0.4, 0.5) is 4.79 Å². The molecule has 1 heterocycles. The van der Waals surface area contributed by atoms with Gasteiger partial charge in [-0.05, 0) is 47.5 Å². The summed E-state index contributed by atoms with van der Waals surface area (Å²) in [7, 11) is 0. The van der Waals surface area contributed by atoms with E-state index in [-0.39, 0.29) is 6.54 Å². The first-order valence-corrected chi connectivity index (χ1v) is 11.4. The monoisotopic (exact) mass is 532 g/mol. The molecule has 0 bridgehead atoms. The smallest absolute Gasteiger partial charge is 0.408 e. The van der Waals surface area contributed by atoms with E-state index in [4.69, 9.17) is 44.3 Å². The lowest BCUT2D eigenvalue weighted by molar-refractivity contribution is -0.153. The number of esters is 1. The molecule has 1 aliphatic rings. The van der Waals surface area contributed by atoms with E-state index in [2.05, 4.69) is 16.1 Å². The summed E-state index contributed by atoms with van der Waals surface area (Å²) in [6.45, 7) is 7.53. The number of nitrogens with zero attached hydrogens (tertiary/aromatic N) is 1. The van der Waals surface area contributed by atoms with E-state index in [1.807, 2.05) is 0 Å². The van der Waals surface area contributed by atoms with E-state index in [0.29, 0.717) is 12.8 Å². The van der Waals surface area contributed by atoms with Gasteiger partial charge in [0, 0.05) is 6.54 Å². The van der Waals surface area contributed by atoms with Crippen molar-refractivity contribution in [1.29, 1.82) is 0 Å². The third-order valence-electron chi connectivity index (χ3n) is 4.28. The number of amides is 3. The number of hydrogen-bond acceptors (Lipinski definition) is 8. The minimum atomic E-state index is -1.76. The van der Waals surface area contributed by atoms with Gasteiger partial charge in [-0.1, -0.05) is 34.8 Å². The quantitative estimate of drug-likeness (QED) is 0.282. The van der Waals surface area contributed by atoms with Crippen LogP contribution in [0.3, 0.4) is 0 Å². The fourth-order valence-electron chi connectivity index (χ4n) is 2.81. The Balaban J connectivity index is 2.70. The third kappa shape index (κ3) is 11.0. The van der Waals surface area contributed by atoms with E-state index in [1.165, 1.54) is 18.9 Å². The molecule has 11 nitrogen and oxygen atoms in total. The Hall–Kier alpha value is -1.53. The summed E-state index contributed by atoms with van der Waals surface area (Å²) in [6.07, 6.45) is -1.27. The summed E-state index contributed by atoms with van der Waals surface area (Å²) >= 11 is 16.7. The van der Waals surface area contributed by atoms with Crippen molar-refractivity contribution in [2.45, 2.75) is 81.1 Å². The van der Waals surface area contributed by atoms with Crippen LogP contribution in [0.5, 0.6) is 0 Å². The standard InChI is InChI=1S/C19H31Cl3N4O7/c1-10(23-14(28)13(11(2)27)24-17(31)33-18(3,4)5)15(29)26-8-6-7-12(25-26)16(30)32-9-19(20,21)22/h10-13,25,27H,6-9H2,1-5H3,(H,23,28)(H,24,31)/t10-,11+,12-,13-/m0/s1. The lowest BCUT2D eigenvalue weighted by Crippen LogP contribution is -2.61. The molecule has 0 saturated carbocycles. The molecule has 0 radical (unpaired) electrons. The fraction of sp³-hybridized carbons (Fsp3) is 0.789. The minimum Gasteiger partial charge on any atom is -0.460 e. The van der Waals surface area contributed by atoms with Gasteiger partial charge in [0.15, 0.2) is 0 Å². The zero-order valence-electron chi connectivity index (χ0n) is 19.1. The van der Waals surface area contributed by atoms with Crippen molar-refractivity contribution in [2.75, 3.05) is 13.2 Å². The van der Waals surface area contributed by atoms with Crippen molar-refractivity contribution in [2.24, 2.45) is 0 Å². The van der Waals surface area contributed by atoms with E-state index in [9.17, 15) is 24.3 Å². The maximum absolute atomic E-state index is 12.8. The zero-order valence-corrected chi connectivity index (χ0v) is 21.4. The van der Waals surface area contributed by atoms with Crippen LogP contribution in [0, 0.1) is 0 Å². The number of carbonyl (C=O) groups excluding carboxylic acids is 4. The fourth-order valence-corrected chi connectivity index (χ4v) is 2.97. The third-order valence-corrected chi connectivity index (χ3v) is 4.61. The summed E-state index contributed by atoms with van der Waals surface area (Å²) < 4.78 is 8.28. The number of alkyl halides is 3. The van der Waals surface area contributed by atoms with Gasteiger partial charge in [-0.25, -0.2) is 10.2 Å². The van der Waals surface area contributed by atoms with Gasteiger partial charge >= 0.3 is 12.1 Å². The highest BCUT2D eigenvalue weighted by Crippen LogP contribution is 2.26. The van der Waals surface area contributed by atoms with E-state index in [0.717, 1.165) is 0 Å². The number of aliphatic hydroxyl groups excluding tert-OH is 1. The number of carbonyl (C=O) groups is 4. The highest BCUT2D eigenvalue weighted by atomic mass is 35.6. The second kappa shape index (κ2) is 12.3. The Morgan fingerprint density at radius 3 is 2.27 bits per heavy atom. The van der Waals surface area contributed by atoms with Gasteiger partial charge < -0.3 is 25.2 Å². The Bertz CT molecular complexity index is 725. The van der Waals surface area contributed by atoms with E-state index >= 15 is 0 Å². The van der Waals surface area contributed by atoms with Crippen LogP contribution in [0.15, 0.2) is 0 Å². The SMILES string of the molecule is C[C@H](NC(=O)[C@@H](NC(=O)OC(C)(C)C)[C@@H](C)O)C(=O)N1CCC[C@@H](C(=O)OCC(Cl)(Cl)Cl)N1. The number of rotatable bonds is 7. The van der Waals surface area contributed by atoms with Crippen LogP contribution in [-0.4, -0.2) is 80.8 Å². The first kappa shape index (κ1) is 29.5. The normalized spacial score (nSPS) is 19.7. The number of alkyl carbamates (subject to hydrolysis) is 1. The van der Waals surface area contributed by atoms with Crippen LogP contribution >= 0.6 is 34.8 Å². The van der Waals surface area contributed by atoms with E-state index < -0.39 is 64.1 Å². The van der Waals surface area contributed by atoms with Crippen molar-refractivity contribution in [3.05, 3.63) is 0 Å². The van der Waals surface area contributed by atoms with Crippen LogP contribution in [-0.2, 0) is 23.9 Å². The molecule has 4 N–H and O–H groups in total. The van der Waals surface area contributed by atoms with Crippen LogP contribution in [0.2, 0.25) is 0 Å². The number of hydrazine groups is 1. The number of halogens is 3. The molecule has 33 heavy (non-hydrogen) atoms. The van der Waals surface area contributed by atoms with Crippen LogP contribution in [0.25, 0.3) is 0 Å². The van der Waals surface area contributed by atoms with Crippen molar-refractivity contribution in [3.63, 3.8) is 0 Å². The van der Waals surface area contributed by atoms with Crippen molar-refractivity contribution in [1.82, 2.24) is 21.1 Å². The van der Waals surface area contributed by atoms with Crippen LogP contribution in [0.1, 0.15) is 47.5 Å². The predicted molar refractivity (Wildman–Crippen MR) is 122 cm³/mol. The highest BCUT2D eigenvalue weighted by Gasteiger charge is 2.34. The molecule has 190 valence electrons. The van der Waals surface area contributed by atoms with Crippen LogP contribution < -0.4 is 16.1 Å². The molecule has 14 heteroatoms. The van der Waals surface area contributed by atoms with Gasteiger partial charge in [0.2, 0.25) is 9.70 Å². The summed E-state index contributed by atoms with van der Waals surface area (Å²) in [5.41, 5.74) is 1.94. The zero-order chi connectivity index (χ0) is 25.6. The molecular weight excluding hydrogens is 503 g/mol. The second-order valence-corrected chi connectivity index (χ2v) is 11.1. The average Bonchev–Trinajstić information content (AvgIpc) is 2.67. The van der Waals surface area contributed by atoms with Gasteiger partial charge in [0.1, 0.15) is 30.3 Å². The first-order chi connectivity index (χ1) is 15.0. The summed E-state index contributed by atoms with van der Waals surface area (Å²) in [5.74, 6) is -2.01. The molecule has 0 aromatic rings. The molecule has 1 saturated heterocycles. The maximum atomic E-state index is 12.8. The highest BCUT2D eigenvalue weighted by molar-refractivity contribution is 6.67. The van der Waals surface area contributed by atoms with Gasteiger partial charge in [0.25, 0.3) is 5.91 Å².